The molecule has 0 amide bonds. The average molecular weight is 1130 g/mol. The summed E-state index contributed by atoms with van der Waals surface area (Å²) in [5, 5.41) is 9.42. The fourth-order valence-electron chi connectivity index (χ4n) is 12.8. The summed E-state index contributed by atoms with van der Waals surface area (Å²) in [6.45, 7) is 7.99. The van der Waals surface area contributed by atoms with E-state index in [0.717, 1.165) is 40.9 Å². The molecule has 12 aliphatic heterocycles. The molecule has 14 rings (SSSR count). The average Bonchev–Trinajstić information content (AvgIpc) is 4.00. The van der Waals surface area contributed by atoms with Gasteiger partial charge in [0.05, 0.1) is 47.8 Å². The van der Waals surface area contributed by atoms with Gasteiger partial charge in [-0.1, -0.05) is 81.4 Å². The molecule has 2 aromatic carbocycles. The molecule has 0 aliphatic carbocycles. The summed E-state index contributed by atoms with van der Waals surface area (Å²) in [4.78, 5) is 36.6. The molecule has 1 N–H and O–H groups in total. The maximum Gasteiger partial charge on any atom is 0.338 e. The zero-order valence-corrected chi connectivity index (χ0v) is 43.3. The number of aliphatic hydroxyl groups excluding tert-OH is 1. The van der Waals surface area contributed by atoms with Gasteiger partial charge in [-0.3, -0.25) is 0 Å². The fourth-order valence-corrected chi connectivity index (χ4v) is 13.6. The molecule has 16 nitrogen and oxygen atoms in total. The standard InChI is InChI=1S/C27H33BrO8.C27H31BrO8/c2*1-15(28)13-18(32-26(30)16-5-3-2-4-6-16)9-11-27-14-20-22(35-27)23-24(34-20)25(36-27)21-19(33-23)8-7-17(31-21)10-12-29/h2-6,17-25,29H,1,7-14H2;2-6,12,17-25H,1,7-11,13-14H2/t2*17-,18-,19+,20-,21+,22+,23+,24-,25?,27+/m11/s1. The van der Waals surface area contributed by atoms with Crippen molar-refractivity contribution in [1.82, 2.24) is 0 Å². The maximum absolute atomic E-state index is 12.7. The summed E-state index contributed by atoms with van der Waals surface area (Å²) in [7, 11) is 0. The Bertz CT molecular complexity index is 2290. The largest absolute Gasteiger partial charge is 0.458 e. The molecule has 0 aromatic heterocycles. The lowest BCUT2D eigenvalue weighted by atomic mass is 9.87. The Morgan fingerprint density at radius 3 is 1.44 bits per heavy atom. The van der Waals surface area contributed by atoms with Gasteiger partial charge in [0.25, 0.3) is 0 Å². The van der Waals surface area contributed by atoms with E-state index in [2.05, 4.69) is 45.0 Å². The minimum atomic E-state index is -0.867. The molecule has 2 unspecified atom stereocenters. The van der Waals surface area contributed by atoms with Crippen LogP contribution in [0.1, 0.15) is 111 Å². The van der Waals surface area contributed by atoms with Gasteiger partial charge in [0.15, 0.2) is 11.6 Å². The molecule has 12 heterocycles. The second-order valence-electron chi connectivity index (χ2n) is 20.9. The molecule has 2 aromatic rings. The highest BCUT2D eigenvalue weighted by Gasteiger charge is 2.70. The summed E-state index contributed by atoms with van der Waals surface area (Å²) in [5.41, 5.74) is 1.02. The van der Waals surface area contributed by atoms with Crippen molar-refractivity contribution in [3.05, 3.63) is 93.9 Å². The van der Waals surface area contributed by atoms with E-state index in [1.807, 2.05) is 36.4 Å². The number of hydrogen-bond donors (Lipinski definition) is 1. The monoisotopic (exact) mass is 1130 g/mol. The van der Waals surface area contributed by atoms with Crippen LogP contribution in [0.5, 0.6) is 0 Å². The van der Waals surface area contributed by atoms with Gasteiger partial charge in [-0.05, 0) is 78.2 Å². The first-order chi connectivity index (χ1) is 34.9. The van der Waals surface area contributed by atoms with E-state index in [1.165, 1.54) is 0 Å². The first kappa shape index (κ1) is 51.2. The molecule has 12 fully saturated rings. The number of hydrogen-bond acceptors (Lipinski definition) is 16. The van der Waals surface area contributed by atoms with Gasteiger partial charge >= 0.3 is 11.9 Å². The number of aliphatic hydroxyl groups is 1. The third-order valence-corrected chi connectivity index (χ3v) is 16.7. The second-order valence-corrected chi connectivity index (χ2v) is 23.2. The highest BCUT2D eigenvalue weighted by molar-refractivity contribution is 9.12. The van der Waals surface area contributed by atoms with Gasteiger partial charge in [0.2, 0.25) is 0 Å². The van der Waals surface area contributed by atoms with E-state index in [0.29, 0.717) is 75.3 Å². The Morgan fingerprint density at radius 2 is 1.00 bits per heavy atom. The van der Waals surface area contributed by atoms with Crippen molar-refractivity contribution in [3.8, 4) is 0 Å². The van der Waals surface area contributed by atoms with Crippen LogP contribution in [-0.4, -0.2) is 151 Å². The molecule has 0 radical (unpaired) electrons. The van der Waals surface area contributed by atoms with Crippen LogP contribution in [-0.2, 0) is 61.6 Å². The number of carbonyl (C=O) groups is 3. The Kier molecular flexibility index (Phi) is 15.3. The van der Waals surface area contributed by atoms with Crippen LogP contribution in [0.3, 0.4) is 0 Å². The van der Waals surface area contributed by atoms with Gasteiger partial charge in [-0.15, -0.1) is 0 Å². The van der Waals surface area contributed by atoms with Crippen molar-refractivity contribution < 1.29 is 76.3 Å². The third kappa shape index (κ3) is 10.5. The van der Waals surface area contributed by atoms with Crippen molar-refractivity contribution in [1.29, 1.82) is 0 Å². The zero-order chi connectivity index (χ0) is 49.7. The predicted molar refractivity (Wildman–Crippen MR) is 262 cm³/mol. The second kappa shape index (κ2) is 21.6. The lowest BCUT2D eigenvalue weighted by Crippen LogP contribution is -2.61. The van der Waals surface area contributed by atoms with Crippen molar-refractivity contribution in [2.24, 2.45) is 0 Å². The number of ether oxygens (including phenoxy) is 12. The quantitative estimate of drug-likeness (QED) is 0.114. The molecule has 72 heavy (non-hydrogen) atoms. The fraction of sp³-hybridized carbons (Fsp3) is 0.648. The van der Waals surface area contributed by atoms with E-state index < -0.39 is 17.7 Å². The summed E-state index contributed by atoms with van der Waals surface area (Å²) in [6, 6.07) is 18.0. The molecular weight excluding hydrogens is 1060 g/mol. The smallest absolute Gasteiger partial charge is 0.338 e. The van der Waals surface area contributed by atoms with Crippen LogP contribution >= 0.6 is 31.9 Å². The molecule has 12 saturated heterocycles. The molecule has 18 heteroatoms. The Balaban J connectivity index is 0.000000156. The highest BCUT2D eigenvalue weighted by Crippen LogP contribution is 2.56. The SMILES string of the molecule is C=C(Br)C[C@@H](CC[C@@]12C[C@H]3O[C@H]4C(O1)[C@H]1O[C@@H](CC=O)CC[C@@H]1O[C@H]4[C@H]3O2)OC(=O)c1ccccc1.C=C(Br)C[C@@H](CC[C@@]12C[C@H]3O[C@H]4C(O1)[C@H]1O[C@@H](CCO)CC[C@@H]1O[C@H]4[C@H]3O2)OC(=O)c1ccccc1. The van der Waals surface area contributed by atoms with Crippen molar-refractivity contribution in [3.63, 3.8) is 0 Å². The molecule has 0 spiro atoms. The lowest BCUT2D eigenvalue weighted by molar-refractivity contribution is -0.293. The first-order valence-electron chi connectivity index (χ1n) is 25.8. The number of rotatable bonds is 18. The Labute approximate surface area is 436 Å². The Hall–Kier alpha value is -2.95. The lowest BCUT2D eigenvalue weighted by Gasteiger charge is -2.47. The van der Waals surface area contributed by atoms with E-state index in [4.69, 9.17) is 56.8 Å². The summed E-state index contributed by atoms with van der Waals surface area (Å²) in [5.74, 6) is -2.44. The Morgan fingerprint density at radius 1 is 0.583 bits per heavy atom. The molecule has 20 atom stereocenters. The van der Waals surface area contributed by atoms with E-state index in [9.17, 15) is 19.5 Å². The van der Waals surface area contributed by atoms with Crippen LogP contribution in [0.15, 0.2) is 82.8 Å². The highest BCUT2D eigenvalue weighted by atomic mass is 79.9. The first-order valence-corrected chi connectivity index (χ1v) is 27.3. The van der Waals surface area contributed by atoms with Gasteiger partial charge in [0, 0.05) is 51.6 Å². The van der Waals surface area contributed by atoms with Crippen molar-refractivity contribution in [2.75, 3.05) is 6.61 Å². The molecule has 390 valence electrons. The summed E-state index contributed by atoms with van der Waals surface area (Å²) in [6.07, 6.45) is 5.85. The van der Waals surface area contributed by atoms with Gasteiger partial charge in [-0.2, -0.15) is 0 Å². The minimum absolute atomic E-state index is 0.0148. The van der Waals surface area contributed by atoms with Crippen LogP contribution in [0, 0.1) is 0 Å². The van der Waals surface area contributed by atoms with Crippen LogP contribution < -0.4 is 0 Å². The molecule has 0 saturated carbocycles. The molecule has 12 aliphatic rings. The van der Waals surface area contributed by atoms with Gasteiger partial charge in [-0.25, -0.2) is 9.59 Å². The maximum atomic E-state index is 12.7. The van der Waals surface area contributed by atoms with Gasteiger partial charge < -0.3 is 66.7 Å². The summed E-state index contributed by atoms with van der Waals surface area (Å²) < 4.78 is 78.3. The van der Waals surface area contributed by atoms with E-state index >= 15 is 0 Å². The molecule has 12 bridgehead atoms. The number of carbonyl (C=O) groups excluding carboxylic acids is 3. The van der Waals surface area contributed by atoms with E-state index in [-0.39, 0.29) is 122 Å². The van der Waals surface area contributed by atoms with Crippen LogP contribution in [0.4, 0.5) is 0 Å². The van der Waals surface area contributed by atoms with Crippen LogP contribution in [0.2, 0.25) is 0 Å². The normalized spacial score (nSPS) is 40.9. The number of esters is 2. The van der Waals surface area contributed by atoms with Crippen LogP contribution in [0.25, 0.3) is 0 Å². The number of benzene rings is 2. The third-order valence-electron chi connectivity index (χ3n) is 16.0. The van der Waals surface area contributed by atoms with E-state index in [1.54, 1.807) is 24.3 Å². The van der Waals surface area contributed by atoms with Gasteiger partial charge in [0.1, 0.15) is 79.5 Å². The number of fused-ring (bicyclic) bond motifs is 2. The van der Waals surface area contributed by atoms with Crippen molar-refractivity contribution >= 4 is 50.1 Å². The minimum Gasteiger partial charge on any atom is -0.458 e. The summed E-state index contributed by atoms with van der Waals surface area (Å²) >= 11 is 6.85. The number of halogens is 2. The predicted octanol–water partition coefficient (Wildman–Crippen LogP) is 7.49. The topological polar surface area (TPSA) is 182 Å². The molecular formula is C54H64Br2O16. The number of aldehydes is 1. The zero-order valence-electron chi connectivity index (χ0n) is 40.1. The van der Waals surface area contributed by atoms with Crippen molar-refractivity contribution in [2.45, 2.75) is 211 Å².